The van der Waals surface area contributed by atoms with Crippen LogP contribution < -0.4 is 0 Å². The molecule has 0 spiro atoms. The van der Waals surface area contributed by atoms with Crippen molar-refractivity contribution >= 4 is 0 Å². The van der Waals surface area contributed by atoms with Crippen molar-refractivity contribution < 1.29 is 5.11 Å². The molecule has 2 fully saturated rings. The molecule has 0 saturated heterocycles. The van der Waals surface area contributed by atoms with Crippen molar-refractivity contribution in [2.45, 2.75) is 38.7 Å². The van der Waals surface area contributed by atoms with Crippen LogP contribution in [0.2, 0.25) is 0 Å². The molecule has 0 aromatic carbocycles. The summed E-state index contributed by atoms with van der Waals surface area (Å²) in [6, 6.07) is 0. The van der Waals surface area contributed by atoms with E-state index in [4.69, 9.17) is 0 Å². The first-order valence-corrected chi connectivity index (χ1v) is 4.34. The SMILES string of the molecule is CC(C)C1(O)CC2CC2C1. The van der Waals surface area contributed by atoms with E-state index < -0.39 is 0 Å². The van der Waals surface area contributed by atoms with Crippen LogP contribution in [0.4, 0.5) is 0 Å². The minimum Gasteiger partial charge on any atom is -0.390 e. The van der Waals surface area contributed by atoms with E-state index >= 15 is 0 Å². The van der Waals surface area contributed by atoms with Crippen molar-refractivity contribution in [3.05, 3.63) is 0 Å². The maximum Gasteiger partial charge on any atom is 0.0676 e. The number of fused-ring (bicyclic) bond motifs is 1. The summed E-state index contributed by atoms with van der Waals surface area (Å²) in [5.41, 5.74) is -0.284. The van der Waals surface area contributed by atoms with E-state index in [1.807, 2.05) is 0 Å². The first-order valence-electron chi connectivity index (χ1n) is 4.34. The summed E-state index contributed by atoms with van der Waals surface area (Å²) in [5.74, 6) is 2.25. The summed E-state index contributed by atoms with van der Waals surface area (Å²) in [7, 11) is 0. The van der Waals surface area contributed by atoms with Crippen LogP contribution in [0.15, 0.2) is 0 Å². The Morgan fingerprint density at radius 3 is 2.10 bits per heavy atom. The van der Waals surface area contributed by atoms with Crippen LogP contribution in [0.3, 0.4) is 0 Å². The van der Waals surface area contributed by atoms with Gasteiger partial charge in [0.2, 0.25) is 0 Å². The molecule has 1 N–H and O–H groups in total. The van der Waals surface area contributed by atoms with Crippen molar-refractivity contribution in [3.8, 4) is 0 Å². The van der Waals surface area contributed by atoms with Crippen LogP contribution >= 0.6 is 0 Å². The van der Waals surface area contributed by atoms with Gasteiger partial charge in [-0.2, -0.15) is 0 Å². The van der Waals surface area contributed by atoms with Crippen LogP contribution in [-0.2, 0) is 0 Å². The standard InChI is InChI=1S/C9H16O/c1-6(2)9(10)4-7-3-8(7)5-9/h6-8,10H,3-5H2,1-2H3. The van der Waals surface area contributed by atoms with Crippen LogP contribution in [0, 0.1) is 17.8 Å². The fourth-order valence-corrected chi connectivity index (χ4v) is 2.27. The van der Waals surface area contributed by atoms with Crippen molar-refractivity contribution in [1.82, 2.24) is 0 Å². The highest BCUT2D eigenvalue weighted by Crippen LogP contribution is 2.57. The van der Waals surface area contributed by atoms with Crippen LogP contribution in [-0.4, -0.2) is 10.7 Å². The second-order valence-electron chi connectivity index (χ2n) is 4.42. The highest BCUT2D eigenvalue weighted by atomic mass is 16.3. The van der Waals surface area contributed by atoms with E-state index in [1.165, 1.54) is 6.42 Å². The summed E-state index contributed by atoms with van der Waals surface area (Å²) >= 11 is 0. The maximum absolute atomic E-state index is 9.97. The Labute approximate surface area is 62.4 Å². The summed E-state index contributed by atoms with van der Waals surface area (Å²) in [5, 5.41) is 9.97. The van der Waals surface area contributed by atoms with E-state index in [2.05, 4.69) is 13.8 Å². The van der Waals surface area contributed by atoms with E-state index in [0.29, 0.717) is 5.92 Å². The monoisotopic (exact) mass is 140 g/mol. The average Bonchev–Trinajstić information content (AvgIpc) is 2.41. The Hall–Kier alpha value is -0.0400. The van der Waals surface area contributed by atoms with E-state index in [0.717, 1.165) is 24.7 Å². The second-order valence-corrected chi connectivity index (χ2v) is 4.42. The third kappa shape index (κ3) is 0.800. The molecule has 2 saturated carbocycles. The van der Waals surface area contributed by atoms with Gasteiger partial charge < -0.3 is 5.11 Å². The molecule has 2 unspecified atom stereocenters. The fraction of sp³-hybridized carbons (Fsp3) is 1.00. The molecule has 0 amide bonds. The molecule has 2 aliphatic rings. The third-order valence-corrected chi connectivity index (χ3v) is 3.38. The molecule has 0 aromatic rings. The van der Waals surface area contributed by atoms with Gasteiger partial charge in [-0.05, 0) is 37.0 Å². The van der Waals surface area contributed by atoms with Crippen LogP contribution in [0.1, 0.15) is 33.1 Å². The third-order valence-electron chi connectivity index (χ3n) is 3.38. The van der Waals surface area contributed by atoms with E-state index in [-0.39, 0.29) is 5.60 Å². The number of hydrogen-bond donors (Lipinski definition) is 1. The molecule has 10 heavy (non-hydrogen) atoms. The molecule has 58 valence electrons. The molecule has 2 rings (SSSR count). The van der Waals surface area contributed by atoms with Gasteiger partial charge in [-0.3, -0.25) is 0 Å². The predicted molar refractivity (Wildman–Crippen MR) is 40.6 cm³/mol. The minimum atomic E-state index is -0.284. The van der Waals surface area contributed by atoms with Crippen LogP contribution in [0.5, 0.6) is 0 Å². The molecule has 1 nitrogen and oxygen atoms in total. The lowest BCUT2D eigenvalue weighted by atomic mass is 9.86. The van der Waals surface area contributed by atoms with Crippen LogP contribution in [0.25, 0.3) is 0 Å². The Kier molecular flexibility index (Phi) is 1.17. The lowest BCUT2D eigenvalue weighted by Gasteiger charge is -2.28. The Morgan fingerprint density at radius 2 is 1.80 bits per heavy atom. The summed E-state index contributed by atoms with van der Waals surface area (Å²) < 4.78 is 0. The first kappa shape index (κ1) is 6.66. The topological polar surface area (TPSA) is 20.2 Å². The van der Waals surface area contributed by atoms with E-state index in [9.17, 15) is 5.11 Å². The Bertz CT molecular complexity index is 141. The average molecular weight is 140 g/mol. The molecule has 0 radical (unpaired) electrons. The zero-order chi connectivity index (χ0) is 7.35. The van der Waals surface area contributed by atoms with Gasteiger partial charge >= 0.3 is 0 Å². The van der Waals surface area contributed by atoms with Gasteiger partial charge in [0.1, 0.15) is 0 Å². The Morgan fingerprint density at radius 1 is 1.30 bits per heavy atom. The molecule has 0 aliphatic heterocycles. The Balaban J connectivity index is 2.04. The van der Waals surface area contributed by atoms with Crippen molar-refractivity contribution in [1.29, 1.82) is 0 Å². The maximum atomic E-state index is 9.97. The molecular formula is C9H16O. The highest BCUT2D eigenvalue weighted by molar-refractivity contribution is 5.04. The van der Waals surface area contributed by atoms with Gasteiger partial charge in [-0.15, -0.1) is 0 Å². The zero-order valence-corrected chi connectivity index (χ0v) is 6.80. The van der Waals surface area contributed by atoms with Gasteiger partial charge in [0.15, 0.2) is 0 Å². The molecular weight excluding hydrogens is 124 g/mol. The predicted octanol–water partition coefficient (Wildman–Crippen LogP) is 1.80. The number of rotatable bonds is 1. The van der Waals surface area contributed by atoms with Gasteiger partial charge in [0, 0.05) is 0 Å². The minimum absolute atomic E-state index is 0.284. The quantitative estimate of drug-likeness (QED) is 0.589. The van der Waals surface area contributed by atoms with Gasteiger partial charge in [0.25, 0.3) is 0 Å². The molecule has 2 aliphatic carbocycles. The molecule has 1 heteroatoms. The highest BCUT2D eigenvalue weighted by Gasteiger charge is 2.54. The van der Waals surface area contributed by atoms with E-state index in [1.54, 1.807) is 0 Å². The lowest BCUT2D eigenvalue weighted by Crippen LogP contribution is -2.32. The van der Waals surface area contributed by atoms with Crippen molar-refractivity contribution in [2.75, 3.05) is 0 Å². The molecule has 2 atom stereocenters. The normalized spacial score (nSPS) is 51.6. The van der Waals surface area contributed by atoms with Gasteiger partial charge in [-0.25, -0.2) is 0 Å². The second kappa shape index (κ2) is 1.76. The van der Waals surface area contributed by atoms with Crippen molar-refractivity contribution in [3.63, 3.8) is 0 Å². The molecule has 0 bridgehead atoms. The first-order chi connectivity index (χ1) is 4.62. The van der Waals surface area contributed by atoms with Crippen molar-refractivity contribution in [2.24, 2.45) is 17.8 Å². The number of hydrogen-bond acceptors (Lipinski definition) is 1. The summed E-state index contributed by atoms with van der Waals surface area (Å²) in [6.07, 6.45) is 3.56. The largest absolute Gasteiger partial charge is 0.390 e. The number of aliphatic hydroxyl groups is 1. The molecule has 0 heterocycles. The van der Waals surface area contributed by atoms with Gasteiger partial charge in [0.05, 0.1) is 5.60 Å². The summed E-state index contributed by atoms with van der Waals surface area (Å²) in [4.78, 5) is 0. The lowest BCUT2D eigenvalue weighted by molar-refractivity contribution is -0.00942. The smallest absolute Gasteiger partial charge is 0.0676 e. The fourth-order valence-electron chi connectivity index (χ4n) is 2.27. The summed E-state index contributed by atoms with van der Waals surface area (Å²) in [6.45, 7) is 4.26. The molecule has 0 aromatic heterocycles. The zero-order valence-electron chi connectivity index (χ0n) is 6.80. The van der Waals surface area contributed by atoms with Gasteiger partial charge in [-0.1, -0.05) is 13.8 Å².